The van der Waals surface area contributed by atoms with Crippen LogP contribution in [0.3, 0.4) is 0 Å². The fourth-order valence-corrected chi connectivity index (χ4v) is 3.94. The number of rotatable bonds is 5. The molecule has 1 aromatic carbocycles. The number of fused-ring (bicyclic) bond motifs is 1. The van der Waals surface area contributed by atoms with Crippen LogP contribution in [0.4, 0.5) is 0 Å². The third kappa shape index (κ3) is 3.44. The van der Waals surface area contributed by atoms with Crippen LogP contribution in [0.25, 0.3) is 16.9 Å². The molecule has 0 saturated carbocycles. The number of carbonyl (C=O) groups excluding carboxylic acids is 1. The Bertz CT molecular complexity index is 980. The van der Waals surface area contributed by atoms with Crippen molar-refractivity contribution in [2.45, 2.75) is 39.7 Å². The smallest absolute Gasteiger partial charge is 0.226 e. The lowest BCUT2D eigenvalue weighted by molar-refractivity contribution is -0.131. The summed E-state index contributed by atoms with van der Waals surface area (Å²) in [5.74, 6) is 0.386. The first-order chi connectivity index (χ1) is 13.1. The van der Waals surface area contributed by atoms with Gasteiger partial charge in [0.2, 0.25) is 5.91 Å². The average molecular weight is 383 g/mol. The normalized spacial score (nSPS) is 17.2. The van der Waals surface area contributed by atoms with Crippen molar-refractivity contribution in [2.75, 3.05) is 6.54 Å². The van der Waals surface area contributed by atoms with Crippen LogP contribution >= 0.6 is 11.6 Å². The van der Waals surface area contributed by atoms with Crippen LogP contribution in [0.5, 0.6) is 0 Å². The largest absolute Gasteiger partial charge is 0.336 e. The van der Waals surface area contributed by atoms with E-state index in [0.29, 0.717) is 11.7 Å². The highest BCUT2D eigenvalue weighted by Gasteiger charge is 2.32. The summed E-state index contributed by atoms with van der Waals surface area (Å²) in [4.78, 5) is 19.5. The van der Waals surface area contributed by atoms with Gasteiger partial charge in [0.15, 0.2) is 5.65 Å². The molecule has 3 aromatic rings. The van der Waals surface area contributed by atoms with Crippen molar-refractivity contribution >= 4 is 23.2 Å². The number of aryl methyl sites for hydroxylation is 1. The molecule has 1 atom stereocenters. The molecule has 0 radical (unpaired) electrons. The van der Waals surface area contributed by atoms with Gasteiger partial charge >= 0.3 is 0 Å². The predicted octanol–water partition coefficient (Wildman–Crippen LogP) is 4.51. The quantitative estimate of drug-likeness (QED) is 0.652. The number of aromatic nitrogens is 3. The molecule has 0 bridgehead atoms. The number of hydrogen-bond donors (Lipinski definition) is 0. The zero-order valence-corrected chi connectivity index (χ0v) is 16.4. The van der Waals surface area contributed by atoms with Crippen LogP contribution in [0, 0.1) is 12.8 Å². The second-order valence-electron chi connectivity index (χ2n) is 7.23. The summed E-state index contributed by atoms with van der Waals surface area (Å²) in [5.41, 5.74) is 4.72. The number of imidazole rings is 1. The Morgan fingerprint density at radius 1 is 1.19 bits per heavy atom. The number of likely N-dealkylation sites (tertiary alicyclic amines) is 1. The van der Waals surface area contributed by atoms with E-state index in [4.69, 9.17) is 16.6 Å². The fourth-order valence-electron chi connectivity index (χ4n) is 3.80. The highest BCUT2D eigenvalue weighted by molar-refractivity contribution is 6.29. The van der Waals surface area contributed by atoms with E-state index in [9.17, 15) is 4.79 Å². The summed E-state index contributed by atoms with van der Waals surface area (Å²) in [6, 6.07) is 11.9. The molecule has 5 nitrogen and oxygen atoms in total. The molecule has 4 rings (SSSR count). The van der Waals surface area contributed by atoms with Crippen molar-refractivity contribution in [2.24, 2.45) is 5.92 Å². The summed E-state index contributed by atoms with van der Waals surface area (Å²) < 4.78 is 1.78. The second kappa shape index (κ2) is 7.31. The molecular formula is C21H23ClN4O. The van der Waals surface area contributed by atoms with Crippen LogP contribution in [-0.4, -0.2) is 31.9 Å². The van der Waals surface area contributed by atoms with Crippen LogP contribution in [0.2, 0.25) is 5.15 Å². The van der Waals surface area contributed by atoms with E-state index in [1.54, 1.807) is 10.6 Å². The molecular weight excluding hydrogens is 360 g/mol. The Morgan fingerprint density at radius 2 is 1.96 bits per heavy atom. The molecule has 140 valence electrons. The van der Waals surface area contributed by atoms with Crippen LogP contribution in [0.1, 0.15) is 37.4 Å². The zero-order valence-electron chi connectivity index (χ0n) is 15.7. The van der Waals surface area contributed by atoms with Crippen molar-refractivity contribution < 1.29 is 4.79 Å². The molecule has 0 N–H and O–H groups in total. The van der Waals surface area contributed by atoms with Gasteiger partial charge in [-0.1, -0.05) is 54.8 Å². The maximum Gasteiger partial charge on any atom is 0.226 e. The zero-order chi connectivity index (χ0) is 19.0. The lowest BCUT2D eigenvalue weighted by Crippen LogP contribution is -2.28. The molecule has 1 fully saturated rings. The fraction of sp³-hybridized carbons (Fsp3) is 0.381. The van der Waals surface area contributed by atoms with Gasteiger partial charge in [0.1, 0.15) is 5.15 Å². The number of benzene rings is 1. The van der Waals surface area contributed by atoms with Gasteiger partial charge < -0.3 is 4.90 Å². The first-order valence-corrected chi connectivity index (χ1v) is 9.84. The van der Waals surface area contributed by atoms with Crippen LogP contribution in [0.15, 0.2) is 36.4 Å². The van der Waals surface area contributed by atoms with Crippen LogP contribution < -0.4 is 0 Å². The maximum atomic E-state index is 12.8. The Morgan fingerprint density at radius 3 is 2.70 bits per heavy atom. The maximum absolute atomic E-state index is 12.8. The van der Waals surface area contributed by atoms with E-state index < -0.39 is 0 Å². The topological polar surface area (TPSA) is 50.5 Å². The molecule has 3 heterocycles. The van der Waals surface area contributed by atoms with E-state index in [0.717, 1.165) is 48.4 Å². The number of nitrogens with zero attached hydrogens (tertiary/aromatic N) is 4. The molecule has 1 aliphatic rings. The summed E-state index contributed by atoms with van der Waals surface area (Å²) >= 11 is 6.14. The van der Waals surface area contributed by atoms with Gasteiger partial charge in [-0.05, 0) is 31.9 Å². The van der Waals surface area contributed by atoms with E-state index in [1.165, 1.54) is 5.56 Å². The van der Waals surface area contributed by atoms with Crippen LogP contribution in [-0.2, 0) is 11.3 Å². The van der Waals surface area contributed by atoms with Crippen molar-refractivity contribution in [3.8, 4) is 11.3 Å². The monoisotopic (exact) mass is 382 g/mol. The van der Waals surface area contributed by atoms with E-state index in [2.05, 4.69) is 43.2 Å². The number of amides is 1. The average Bonchev–Trinajstić information content (AvgIpc) is 3.18. The molecule has 1 amide bonds. The molecule has 2 aromatic heterocycles. The summed E-state index contributed by atoms with van der Waals surface area (Å²) in [6.07, 6.45) is 2.92. The van der Waals surface area contributed by atoms with Gasteiger partial charge in [-0.2, -0.15) is 5.10 Å². The Kier molecular flexibility index (Phi) is 4.87. The van der Waals surface area contributed by atoms with Crippen molar-refractivity contribution in [1.29, 1.82) is 0 Å². The van der Waals surface area contributed by atoms with E-state index in [-0.39, 0.29) is 11.8 Å². The molecule has 0 spiro atoms. The van der Waals surface area contributed by atoms with Gasteiger partial charge in [0.05, 0.1) is 17.9 Å². The summed E-state index contributed by atoms with van der Waals surface area (Å²) in [5, 5.41) is 4.85. The van der Waals surface area contributed by atoms with Gasteiger partial charge in [-0.25, -0.2) is 9.50 Å². The second-order valence-corrected chi connectivity index (χ2v) is 7.62. The molecule has 27 heavy (non-hydrogen) atoms. The van der Waals surface area contributed by atoms with Crippen molar-refractivity contribution in [3.63, 3.8) is 0 Å². The third-order valence-electron chi connectivity index (χ3n) is 5.25. The highest BCUT2D eigenvalue weighted by atomic mass is 35.5. The Balaban J connectivity index is 1.76. The van der Waals surface area contributed by atoms with Gasteiger partial charge in [0.25, 0.3) is 0 Å². The summed E-state index contributed by atoms with van der Waals surface area (Å²) in [6.45, 7) is 5.47. The first kappa shape index (κ1) is 18.0. The molecule has 6 heteroatoms. The number of carbonyl (C=O) groups is 1. The highest BCUT2D eigenvalue weighted by Crippen LogP contribution is 2.29. The SMILES string of the molecule is CCCC1CCN(Cc2c(-c3ccc(C)cc3)nc3ccc(Cl)nn23)C1=O. The standard InChI is InChI=1S/C21H23ClN4O/c1-3-4-16-11-12-25(21(16)27)13-17-20(15-7-5-14(2)6-8-15)23-19-10-9-18(22)24-26(17)19/h5-10,16H,3-4,11-13H2,1-2H3. The van der Waals surface area contributed by atoms with E-state index in [1.807, 2.05) is 11.0 Å². The lowest BCUT2D eigenvalue weighted by Gasteiger charge is -2.17. The van der Waals surface area contributed by atoms with Gasteiger partial charge in [-0.15, -0.1) is 0 Å². The lowest BCUT2D eigenvalue weighted by atomic mass is 10.0. The summed E-state index contributed by atoms with van der Waals surface area (Å²) in [7, 11) is 0. The van der Waals surface area contributed by atoms with Crippen molar-refractivity contribution in [3.05, 3.63) is 52.8 Å². The predicted molar refractivity (Wildman–Crippen MR) is 107 cm³/mol. The minimum atomic E-state index is 0.147. The molecule has 1 aliphatic heterocycles. The van der Waals surface area contributed by atoms with Crippen molar-refractivity contribution in [1.82, 2.24) is 19.5 Å². The first-order valence-electron chi connectivity index (χ1n) is 9.47. The van der Waals surface area contributed by atoms with Gasteiger partial charge in [0, 0.05) is 18.0 Å². The Labute approximate surface area is 164 Å². The number of hydrogen-bond acceptors (Lipinski definition) is 3. The minimum Gasteiger partial charge on any atom is -0.336 e. The van der Waals surface area contributed by atoms with E-state index >= 15 is 0 Å². The molecule has 0 aliphatic carbocycles. The van der Waals surface area contributed by atoms with Gasteiger partial charge in [-0.3, -0.25) is 4.79 Å². The number of halogens is 1. The molecule has 1 saturated heterocycles. The third-order valence-corrected chi connectivity index (χ3v) is 5.45. The minimum absolute atomic E-state index is 0.147. The Hall–Kier alpha value is -2.40. The molecule has 1 unspecified atom stereocenters.